The first kappa shape index (κ1) is 20.1. The van der Waals surface area contributed by atoms with E-state index in [1.54, 1.807) is 6.92 Å². The number of fused-ring (bicyclic) bond motifs is 1. The summed E-state index contributed by atoms with van der Waals surface area (Å²) in [5.41, 5.74) is 0.897. The SMILES string of the molecule is Cc1cc(F)c([C@@H]2CN3C(=O)CON=C3[C@H]2CC(=O)Cc2ccc(F)cc2)c(F)c1. The van der Waals surface area contributed by atoms with E-state index in [1.165, 1.54) is 41.3 Å². The van der Waals surface area contributed by atoms with Gasteiger partial charge in [0.1, 0.15) is 23.2 Å². The molecule has 2 aliphatic rings. The smallest absolute Gasteiger partial charge is 0.268 e. The summed E-state index contributed by atoms with van der Waals surface area (Å²) in [6.45, 7) is 1.34. The summed E-state index contributed by atoms with van der Waals surface area (Å²) < 4.78 is 42.5. The van der Waals surface area contributed by atoms with Crippen molar-refractivity contribution in [2.75, 3.05) is 13.2 Å². The van der Waals surface area contributed by atoms with Gasteiger partial charge in [-0.05, 0) is 42.3 Å². The Kier molecular flexibility index (Phi) is 5.32. The molecule has 1 saturated heterocycles. The summed E-state index contributed by atoms with van der Waals surface area (Å²) in [6, 6.07) is 8.00. The highest BCUT2D eigenvalue weighted by molar-refractivity contribution is 6.04. The molecule has 0 bridgehead atoms. The first-order valence-corrected chi connectivity index (χ1v) is 9.55. The molecular formula is C22H19F3N2O3. The topological polar surface area (TPSA) is 59.0 Å². The summed E-state index contributed by atoms with van der Waals surface area (Å²) in [6.07, 6.45) is -0.0504. The standard InChI is InChI=1S/C22H19F3N2O3/c1-12-6-18(24)21(19(25)7-12)17-10-27-20(29)11-30-26-22(27)16(17)9-15(28)8-13-2-4-14(23)5-3-13/h2-7,16-17H,8-11H2,1H3/t16-,17+/m0/s1. The number of nitrogens with zero attached hydrogens (tertiary/aromatic N) is 2. The van der Waals surface area contributed by atoms with E-state index in [-0.39, 0.29) is 49.1 Å². The fourth-order valence-electron chi connectivity index (χ4n) is 4.11. The highest BCUT2D eigenvalue weighted by Crippen LogP contribution is 2.40. The summed E-state index contributed by atoms with van der Waals surface area (Å²) in [5.74, 6) is -3.71. The Morgan fingerprint density at radius 1 is 1.17 bits per heavy atom. The van der Waals surface area contributed by atoms with Crippen LogP contribution in [0.2, 0.25) is 0 Å². The molecule has 0 radical (unpaired) electrons. The molecule has 8 heteroatoms. The van der Waals surface area contributed by atoms with E-state index in [0.29, 0.717) is 11.1 Å². The molecule has 4 rings (SSSR count). The van der Waals surface area contributed by atoms with Crippen LogP contribution >= 0.6 is 0 Å². The van der Waals surface area contributed by atoms with Gasteiger partial charge in [0.15, 0.2) is 12.4 Å². The molecule has 0 spiro atoms. The third kappa shape index (κ3) is 3.81. The highest BCUT2D eigenvalue weighted by atomic mass is 19.1. The fraction of sp³-hybridized carbons (Fsp3) is 0.318. The number of aryl methyl sites for hydroxylation is 1. The molecule has 2 atom stereocenters. The average Bonchev–Trinajstić information content (AvgIpc) is 3.02. The summed E-state index contributed by atoms with van der Waals surface area (Å²) in [7, 11) is 0. The lowest BCUT2D eigenvalue weighted by Crippen LogP contribution is -2.40. The summed E-state index contributed by atoms with van der Waals surface area (Å²) in [5, 5.41) is 3.92. The Hall–Kier alpha value is -3.16. The number of ketones is 1. The second-order valence-corrected chi connectivity index (χ2v) is 7.63. The molecule has 156 valence electrons. The van der Waals surface area contributed by atoms with Gasteiger partial charge < -0.3 is 4.84 Å². The van der Waals surface area contributed by atoms with Gasteiger partial charge in [0.25, 0.3) is 5.91 Å². The molecule has 5 nitrogen and oxygen atoms in total. The zero-order valence-electron chi connectivity index (χ0n) is 16.2. The third-order valence-corrected chi connectivity index (χ3v) is 5.48. The van der Waals surface area contributed by atoms with E-state index in [4.69, 9.17) is 4.84 Å². The van der Waals surface area contributed by atoms with Crippen LogP contribution < -0.4 is 0 Å². The molecular weight excluding hydrogens is 397 g/mol. The maximum Gasteiger partial charge on any atom is 0.268 e. The molecule has 0 aliphatic carbocycles. The lowest BCUT2D eigenvalue weighted by atomic mass is 9.83. The monoisotopic (exact) mass is 416 g/mol. The van der Waals surface area contributed by atoms with Crippen LogP contribution in [-0.2, 0) is 20.8 Å². The Morgan fingerprint density at radius 2 is 1.83 bits per heavy atom. The van der Waals surface area contributed by atoms with E-state index in [1.807, 2.05) is 0 Å². The zero-order valence-corrected chi connectivity index (χ0v) is 16.2. The quantitative estimate of drug-likeness (QED) is 0.750. The number of benzene rings is 2. The molecule has 1 fully saturated rings. The molecule has 2 aliphatic heterocycles. The minimum absolute atomic E-state index is 0.0203. The Morgan fingerprint density at radius 3 is 2.50 bits per heavy atom. The van der Waals surface area contributed by atoms with Gasteiger partial charge in [0.05, 0.1) is 0 Å². The van der Waals surface area contributed by atoms with E-state index in [9.17, 15) is 22.8 Å². The van der Waals surface area contributed by atoms with Crippen LogP contribution in [0.25, 0.3) is 0 Å². The molecule has 2 heterocycles. The first-order chi connectivity index (χ1) is 14.3. The number of carbonyl (C=O) groups is 2. The van der Waals surface area contributed by atoms with Crippen LogP contribution in [0.3, 0.4) is 0 Å². The van der Waals surface area contributed by atoms with Gasteiger partial charge in [-0.15, -0.1) is 0 Å². The highest BCUT2D eigenvalue weighted by Gasteiger charge is 2.46. The second kappa shape index (κ2) is 7.93. The van der Waals surface area contributed by atoms with Crippen LogP contribution in [0.1, 0.15) is 29.0 Å². The average molecular weight is 416 g/mol. The number of rotatable bonds is 5. The van der Waals surface area contributed by atoms with Crippen LogP contribution in [0, 0.1) is 30.3 Å². The van der Waals surface area contributed by atoms with Crippen molar-refractivity contribution in [1.82, 2.24) is 4.90 Å². The van der Waals surface area contributed by atoms with Gasteiger partial charge in [-0.3, -0.25) is 14.5 Å². The predicted molar refractivity (Wildman–Crippen MR) is 102 cm³/mol. The minimum Gasteiger partial charge on any atom is -0.384 e. The largest absolute Gasteiger partial charge is 0.384 e. The van der Waals surface area contributed by atoms with E-state index >= 15 is 0 Å². The van der Waals surface area contributed by atoms with Crippen molar-refractivity contribution in [2.45, 2.75) is 25.7 Å². The number of amides is 1. The van der Waals surface area contributed by atoms with Crippen molar-refractivity contribution in [3.8, 4) is 0 Å². The van der Waals surface area contributed by atoms with Gasteiger partial charge in [-0.1, -0.05) is 17.3 Å². The number of hydrogen-bond acceptors (Lipinski definition) is 4. The van der Waals surface area contributed by atoms with Gasteiger partial charge in [-0.25, -0.2) is 13.2 Å². The van der Waals surface area contributed by atoms with Crippen LogP contribution in [-0.4, -0.2) is 35.6 Å². The molecule has 2 aromatic rings. The van der Waals surface area contributed by atoms with Crippen molar-refractivity contribution in [3.05, 3.63) is 70.5 Å². The molecule has 0 aromatic heterocycles. The molecule has 2 aromatic carbocycles. The van der Waals surface area contributed by atoms with Crippen molar-refractivity contribution in [3.63, 3.8) is 0 Å². The maximum atomic E-state index is 14.7. The summed E-state index contributed by atoms with van der Waals surface area (Å²) >= 11 is 0. The molecule has 0 saturated carbocycles. The van der Waals surface area contributed by atoms with Gasteiger partial charge in [-0.2, -0.15) is 0 Å². The van der Waals surface area contributed by atoms with Crippen molar-refractivity contribution < 1.29 is 27.6 Å². The Labute approximate surface area is 171 Å². The van der Waals surface area contributed by atoms with E-state index in [2.05, 4.69) is 5.16 Å². The first-order valence-electron chi connectivity index (χ1n) is 9.55. The normalized spacial score (nSPS) is 20.6. The molecule has 30 heavy (non-hydrogen) atoms. The second-order valence-electron chi connectivity index (χ2n) is 7.63. The summed E-state index contributed by atoms with van der Waals surface area (Å²) in [4.78, 5) is 31.3. The van der Waals surface area contributed by atoms with Crippen molar-refractivity contribution >= 4 is 17.5 Å². The lowest BCUT2D eigenvalue weighted by Gasteiger charge is -2.22. The van der Waals surface area contributed by atoms with E-state index < -0.39 is 29.3 Å². The van der Waals surface area contributed by atoms with Gasteiger partial charge in [0, 0.05) is 36.8 Å². The molecule has 1 amide bonds. The van der Waals surface area contributed by atoms with E-state index in [0.717, 1.165) is 0 Å². The van der Waals surface area contributed by atoms with Crippen molar-refractivity contribution in [2.24, 2.45) is 11.1 Å². The zero-order chi connectivity index (χ0) is 21.4. The number of halogens is 3. The van der Waals surface area contributed by atoms with Crippen LogP contribution in [0.15, 0.2) is 41.6 Å². The molecule has 0 unspecified atom stereocenters. The van der Waals surface area contributed by atoms with Crippen LogP contribution in [0.5, 0.6) is 0 Å². The Bertz CT molecular complexity index is 1010. The minimum atomic E-state index is -0.771. The van der Waals surface area contributed by atoms with Gasteiger partial charge >= 0.3 is 0 Å². The van der Waals surface area contributed by atoms with Crippen molar-refractivity contribution in [1.29, 1.82) is 0 Å². The number of amidine groups is 1. The fourth-order valence-corrected chi connectivity index (χ4v) is 4.11. The number of oxime groups is 1. The maximum absolute atomic E-state index is 14.7. The number of Topliss-reactive ketones (excluding diaryl/α,β-unsaturated/α-hetero) is 1. The van der Waals surface area contributed by atoms with Gasteiger partial charge in [0.2, 0.25) is 0 Å². The predicted octanol–water partition coefficient (Wildman–Crippen LogP) is 3.50. The number of carbonyl (C=O) groups excluding carboxylic acids is 2. The molecule has 0 N–H and O–H groups in total. The lowest BCUT2D eigenvalue weighted by molar-refractivity contribution is -0.134. The third-order valence-electron chi connectivity index (χ3n) is 5.48. The Balaban J connectivity index is 1.65. The van der Waals surface area contributed by atoms with Crippen LogP contribution in [0.4, 0.5) is 13.2 Å². The number of hydrogen-bond donors (Lipinski definition) is 0.